The molecule has 120 valence electrons. The third-order valence-corrected chi connectivity index (χ3v) is 5.40. The number of carbonyl (C=O) groups excluding carboxylic acids is 1. The molecule has 1 aliphatic rings. The summed E-state index contributed by atoms with van der Waals surface area (Å²) in [5.74, 6) is 0.502. The van der Waals surface area contributed by atoms with Gasteiger partial charge in [0.15, 0.2) is 5.78 Å². The quantitative estimate of drug-likeness (QED) is 0.518. The van der Waals surface area contributed by atoms with Gasteiger partial charge in [-0.25, -0.2) is 4.98 Å². The van der Waals surface area contributed by atoms with Crippen LogP contribution in [0, 0.1) is 9.49 Å². The third kappa shape index (κ3) is 4.31. The van der Waals surface area contributed by atoms with Crippen LogP contribution in [0.5, 0.6) is 0 Å². The van der Waals surface area contributed by atoms with Crippen LogP contribution in [0.4, 0.5) is 0 Å². The number of imidazole rings is 1. The highest BCUT2D eigenvalue weighted by Gasteiger charge is 2.20. The molecule has 3 nitrogen and oxygen atoms in total. The fraction of sp³-hybridized carbons (Fsp3) is 0.368. The molecule has 1 aromatic carbocycles. The Morgan fingerprint density at radius 2 is 2.04 bits per heavy atom. The Balaban J connectivity index is 1.89. The number of ketones is 1. The predicted molar refractivity (Wildman–Crippen MR) is 101 cm³/mol. The van der Waals surface area contributed by atoms with Gasteiger partial charge in [-0.3, -0.25) is 4.79 Å². The van der Waals surface area contributed by atoms with Crippen molar-refractivity contribution in [3.8, 4) is 0 Å². The fourth-order valence-electron chi connectivity index (χ4n) is 3.18. The van der Waals surface area contributed by atoms with Crippen molar-refractivity contribution in [2.24, 2.45) is 5.92 Å². The van der Waals surface area contributed by atoms with Crippen LogP contribution < -0.4 is 0 Å². The Kier molecular flexibility index (Phi) is 5.65. The number of rotatable bonds is 5. The number of halogens is 1. The third-order valence-electron chi connectivity index (χ3n) is 4.46. The first kappa shape index (κ1) is 16.4. The highest BCUT2D eigenvalue weighted by Crippen LogP contribution is 2.28. The molecular weight excluding hydrogens is 399 g/mol. The molecule has 0 N–H and O–H groups in total. The first-order valence-electron chi connectivity index (χ1n) is 8.19. The predicted octanol–water partition coefficient (Wildman–Crippen LogP) is 4.72. The van der Waals surface area contributed by atoms with Gasteiger partial charge in [0.25, 0.3) is 0 Å². The van der Waals surface area contributed by atoms with Gasteiger partial charge in [-0.15, -0.1) is 0 Å². The Morgan fingerprint density at radius 3 is 2.74 bits per heavy atom. The van der Waals surface area contributed by atoms with Crippen molar-refractivity contribution in [3.05, 3.63) is 58.2 Å². The summed E-state index contributed by atoms with van der Waals surface area (Å²) >= 11 is 2.34. The lowest BCUT2D eigenvalue weighted by Gasteiger charge is -2.19. The second-order valence-corrected chi connectivity index (χ2v) is 7.28. The average Bonchev–Trinajstić information content (AvgIpc) is 3.08. The maximum absolute atomic E-state index is 12.7. The smallest absolute Gasteiger partial charge is 0.159 e. The largest absolute Gasteiger partial charge is 0.333 e. The van der Waals surface area contributed by atoms with E-state index in [1.165, 1.54) is 22.8 Å². The normalized spacial score (nSPS) is 16.5. The number of nitrogens with zero attached hydrogens (tertiary/aromatic N) is 2. The zero-order chi connectivity index (χ0) is 16.1. The van der Waals surface area contributed by atoms with Gasteiger partial charge in [-0.1, -0.05) is 37.5 Å². The summed E-state index contributed by atoms with van der Waals surface area (Å²) in [6.45, 7) is 0.679. The van der Waals surface area contributed by atoms with Gasteiger partial charge in [0.05, 0.1) is 6.33 Å². The Morgan fingerprint density at radius 1 is 1.26 bits per heavy atom. The van der Waals surface area contributed by atoms with E-state index in [-0.39, 0.29) is 5.92 Å². The number of allylic oxidation sites excluding steroid dienone is 2. The van der Waals surface area contributed by atoms with Gasteiger partial charge in [-0.2, -0.15) is 0 Å². The monoisotopic (exact) mass is 420 g/mol. The first-order valence-corrected chi connectivity index (χ1v) is 9.27. The molecule has 1 aliphatic carbocycles. The number of benzene rings is 1. The van der Waals surface area contributed by atoms with Gasteiger partial charge >= 0.3 is 0 Å². The van der Waals surface area contributed by atoms with Crippen LogP contribution in [0.3, 0.4) is 0 Å². The van der Waals surface area contributed by atoms with Crippen molar-refractivity contribution in [1.82, 2.24) is 9.55 Å². The van der Waals surface area contributed by atoms with Crippen LogP contribution in [0.1, 0.15) is 37.7 Å². The molecule has 4 heteroatoms. The molecule has 0 amide bonds. The lowest BCUT2D eigenvalue weighted by Crippen LogP contribution is -2.16. The summed E-state index contributed by atoms with van der Waals surface area (Å²) in [6, 6.07) is 8.24. The van der Waals surface area contributed by atoms with E-state index in [1.807, 2.05) is 29.0 Å². The molecule has 1 fully saturated rings. The van der Waals surface area contributed by atoms with Crippen molar-refractivity contribution in [2.75, 3.05) is 0 Å². The van der Waals surface area contributed by atoms with Gasteiger partial charge in [-0.05, 0) is 58.7 Å². The molecule has 1 saturated carbocycles. The lowest BCUT2D eigenvalue weighted by molar-refractivity contribution is -0.119. The number of carbonyl (C=O) groups is 1. The van der Waals surface area contributed by atoms with E-state index in [2.05, 4.69) is 39.7 Å². The van der Waals surface area contributed by atoms with E-state index in [0.717, 1.165) is 24.0 Å². The molecule has 0 bridgehead atoms. The SMILES string of the molecule is O=C(C=C(Cn1ccnc1)c1ccccc1I)C1CCCCC1. The number of hydrogen-bond donors (Lipinski definition) is 0. The van der Waals surface area contributed by atoms with E-state index in [9.17, 15) is 4.79 Å². The highest BCUT2D eigenvalue weighted by atomic mass is 127. The van der Waals surface area contributed by atoms with Crippen molar-refractivity contribution < 1.29 is 4.79 Å². The zero-order valence-corrected chi connectivity index (χ0v) is 15.3. The van der Waals surface area contributed by atoms with Gasteiger partial charge in [0.2, 0.25) is 0 Å². The van der Waals surface area contributed by atoms with Gasteiger partial charge < -0.3 is 4.57 Å². The van der Waals surface area contributed by atoms with Crippen molar-refractivity contribution in [2.45, 2.75) is 38.6 Å². The van der Waals surface area contributed by atoms with Crippen LogP contribution in [0.2, 0.25) is 0 Å². The second kappa shape index (κ2) is 7.90. The molecule has 0 spiro atoms. The molecule has 23 heavy (non-hydrogen) atoms. The molecule has 0 saturated heterocycles. The molecular formula is C19H21IN2O. The fourth-order valence-corrected chi connectivity index (χ4v) is 3.92. The average molecular weight is 420 g/mol. The van der Waals surface area contributed by atoms with E-state index < -0.39 is 0 Å². The molecule has 0 unspecified atom stereocenters. The Hall–Kier alpha value is -1.43. The molecule has 0 aliphatic heterocycles. The van der Waals surface area contributed by atoms with Crippen LogP contribution in [-0.4, -0.2) is 15.3 Å². The van der Waals surface area contributed by atoms with Crippen LogP contribution in [0.25, 0.3) is 5.57 Å². The maximum Gasteiger partial charge on any atom is 0.159 e. The summed E-state index contributed by atoms with van der Waals surface area (Å²) < 4.78 is 3.19. The maximum atomic E-state index is 12.7. The van der Waals surface area contributed by atoms with Crippen LogP contribution >= 0.6 is 22.6 Å². The zero-order valence-electron chi connectivity index (χ0n) is 13.1. The summed E-state index contributed by atoms with van der Waals surface area (Å²) in [6.07, 6.45) is 13.1. The minimum absolute atomic E-state index is 0.211. The van der Waals surface area contributed by atoms with E-state index in [4.69, 9.17) is 0 Å². The summed E-state index contributed by atoms with van der Waals surface area (Å²) in [5.41, 5.74) is 2.22. The van der Waals surface area contributed by atoms with Gasteiger partial charge in [0, 0.05) is 28.4 Å². The molecule has 1 heterocycles. The van der Waals surface area contributed by atoms with E-state index in [1.54, 1.807) is 12.5 Å². The standard InChI is InChI=1S/C19H21IN2O/c20-18-9-5-4-8-17(18)16(13-22-11-10-21-14-22)12-19(23)15-6-2-1-3-7-15/h4-5,8-12,14-15H,1-3,6-7,13H2. The molecule has 0 radical (unpaired) electrons. The summed E-state index contributed by atoms with van der Waals surface area (Å²) in [5, 5.41) is 0. The summed E-state index contributed by atoms with van der Waals surface area (Å²) in [7, 11) is 0. The first-order chi connectivity index (χ1) is 11.2. The van der Waals surface area contributed by atoms with Crippen molar-refractivity contribution in [1.29, 1.82) is 0 Å². The van der Waals surface area contributed by atoms with Crippen molar-refractivity contribution in [3.63, 3.8) is 0 Å². The lowest BCUT2D eigenvalue weighted by atomic mass is 9.85. The summed E-state index contributed by atoms with van der Waals surface area (Å²) in [4.78, 5) is 16.8. The van der Waals surface area contributed by atoms with Gasteiger partial charge in [0.1, 0.15) is 0 Å². The second-order valence-electron chi connectivity index (χ2n) is 6.12. The number of aromatic nitrogens is 2. The molecule has 2 aromatic rings. The minimum atomic E-state index is 0.211. The Bertz CT molecular complexity index is 685. The molecule has 3 rings (SSSR count). The Labute approximate surface area is 151 Å². The topological polar surface area (TPSA) is 34.9 Å². The minimum Gasteiger partial charge on any atom is -0.333 e. The highest BCUT2D eigenvalue weighted by molar-refractivity contribution is 14.1. The molecule has 0 atom stereocenters. The van der Waals surface area contributed by atoms with Crippen LogP contribution in [-0.2, 0) is 11.3 Å². The number of hydrogen-bond acceptors (Lipinski definition) is 2. The van der Waals surface area contributed by atoms with E-state index in [0.29, 0.717) is 12.3 Å². The van der Waals surface area contributed by atoms with Crippen LogP contribution in [0.15, 0.2) is 49.1 Å². The van der Waals surface area contributed by atoms with Crippen molar-refractivity contribution >= 4 is 33.9 Å². The van der Waals surface area contributed by atoms with E-state index >= 15 is 0 Å². The molecule has 1 aromatic heterocycles.